The van der Waals surface area contributed by atoms with Crippen LogP contribution in [0.2, 0.25) is 0 Å². The molecule has 1 aromatic carbocycles. The third-order valence-corrected chi connectivity index (χ3v) is 4.30. The first-order chi connectivity index (χ1) is 8.16. The second-order valence-corrected chi connectivity index (χ2v) is 7.38. The second kappa shape index (κ2) is 5.10. The fourth-order valence-corrected chi connectivity index (χ4v) is 2.14. The summed E-state index contributed by atoms with van der Waals surface area (Å²) in [5.41, 5.74) is 0.184. The van der Waals surface area contributed by atoms with E-state index in [0.29, 0.717) is 5.56 Å². The second-order valence-electron chi connectivity index (χ2n) is 5.10. The first kappa shape index (κ1) is 14.7. The summed E-state index contributed by atoms with van der Waals surface area (Å²) >= 11 is 0. The van der Waals surface area contributed by atoms with Crippen molar-refractivity contribution in [1.82, 2.24) is 0 Å². The van der Waals surface area contributed by atoms with Crippen molar-refractivity contribution in [3.8, 4) is 0 Å². The lowest BCUT2D eigenvalue weighted by Gasteiger charge is -2.18. The molecule has 1 rings (SSSR count). The van der Waals surface area contributed by atoms with E-state index >= 15 is 0 Å². The van der Waals surface area contributed by atoms with E-state index in [-0.39, 0.29) is 10.6 Å². The molecule has 0 radical (unpaired) electrons. The first-order valence-corrected chi connectivity index (χ1v) is 7.46. The maximum Gasteiger partial charge on any atom is 0.182 e. The van der Waals surface area contributed by atoms with Crippen LogP contribution in [0, 0.1) is 5.21 Å². The van der Waals surface area contributed by atoms with Crippen molar-refractivity contribution >= 4 is 16.1 Å². The van der Waals surface area contributed by atoms with Crippen LogP contribution in [0.15, 0.2) is 29.2 Å². The minimum Gasteiger partial charge on any atom is -0.623 e. The zero-order chi connectivity index (χ0) is 14.0. The molecular formula is C13H19NO3S. The van der Waals surface area contributed by atoms with Crippen molar-refractivity contribution in [2.75, 3.05) is 5.75 Å². The van der Waals surface area contributed by atoms with Crippen LogP contribution in [-0.4, -0.2) is 30.7 Å². The lowest BCUT2D eigenvalue weighted by atomic mass is 10.1. The van der Waals surface area contributed by atoms with Gasteiger partial charge in [0.15, 0.2) is 21.6 Å². The van der Waals surface area contributed by atoms with Gasteiger partial charge in [0.2, 0.25) is 0 Å². The molecule has 0 unspecified atom stereocenters. The third kappa shape index (κ3) is 3.57. The molecule has 0 aliphatic heterocycles. The Balaban J connectivity index is 3.05. The number of hydroxylamine groups is 1. The largest absolute Gasteiger partial charge is 0.623 e. The highest BCUT2D eigenvalue weighted by atomic mass is 32.2. The molecule has 0 saturated heterocycles. The fraction of sp³-hybridized carbons (Fsp3) is 0.462. The van der Waals surface area contributed by atoms with Crippen LogP contribution in [0.1, 0.15) is 33.3 Å². The van der Waals surface area contributed by atoms with Crippen LogP contribution >= 0.6 is 0 Å². The van der Waals surface area contributed by atoms with Gasteiger partial charge in [-0.2, -0.15) is 0 Å². The molecule has 4 nitrogen and oxygen atoms in total. The lowest BCUT2D eigenvalue weighted by Crippen LogP contribution is -2.29. The molecule has 18 heavy (non-hydrogen) atoms. The van der Waals surface area contributed by atoms with Crippen molar-refractivity contribution in [2.45, 2.75) is 38.1 Å². The summed E-state index contributed by atoms with van der Waals surface area (Å²) in [4.78, 5) is 0.287. The number of rotatable bonds is 3. The summed E-state index contributed by atoms with van der Waals surface area (Å²) in [5, 5.41) is 11.7. The molecule has 0 heterocycles. The number of sulfone groups is 1. The molecular weight excluding hydrogens is 250 g/mol. The summed E-state index contributed by atoms with van der Waals surface area (Å²) in [6.45, 7) is 7.04. The van der Waals surface area contributed by atoms with Gasteiger partial charge in [-0.05, 0) is 24.3 Å². The topological polar surface area (TPSA) is 60.2 Å². The summed E-state index contributed by atoms with van der Waals surface area (Å²) in [7, 11) is -3.18. The van der Waals surface area contributed by atoms with Gasteiger partial charge in [0.1, 0.15) is 0 Å². The Morgan fingerprint density at radius 2 is 1.72 bits per heavy atom. The number of hydrogen-bond acceptors (Lipinski definition) is 3. The Kier molecular flexibility index (Phi) is 4.16. The Morgan fingerprint density at radius 3 is 2.11 bits per heavy atom. The summed E-state index contributed by atoms with van der Waals surface area (Å²) in [6, 6.07) is 6.33. The summed E-state index contributed by atoms with van der Waals surface area (Å²) < 4.78 is 24.1. The molecule has 0 fully saturated rings. The van der Waals surface area contributed by atoms with Gasteiger partial charge in [0.25, 0.3) is 0 Å². The van der Waals surface area contributed by atoms with Gasteiger partial charge in [-0.15, -0.1) is 0 Å². The number of nitrogens with zero attached hydrogens (tertiary/aromatic N) is 1. The molecule has 0 aromatic heterocycles. The summed E-state index contributed by atoms with van der Waals surface area (Å²) in [5.74, 6) is 0.0751. The molecule has 0 atom stereocenters. The molecule has 0 bridgehead atoms. The SMILES string of the molecule is CCS(=O)(=O)c1ccc(C=[N+]([O-])C(C)(C)C)cc1. The molecule has 0 aliphatic carbocycles. The van der Waals surface area contributed by atoms with Crippen LogP contribution in [0.3, 0.4) is 0 Å². The van der Waals surface area contributed by atoms with Crippen molar-refractivity contribution in [3.63, 3.8) is 0 Å². The monoisotopic (exact) mass is 269 g/mol. The van der Waals surface area contributed by atoms with E-state index in [9.17, 15) is 13.6 Å². The molecule has 0 N–H and O–H groups in total. The van der Waals surface area contributed by atoms with Gasteiger partial charge >= 0.3 is 0 Å². The average Bonchev–Trinajstić information content (AvgIpc) is 2.28. The zero-order valence-corrected chi connectivity index (χ0v) is 12.0. The predicted molar refractivity (Wildman–Crippen MR) is 72.7 cm³/mol. The molecule has 0 aliphatic rings. The van der Waals surface area contributed by atoms with E-state index in [1.807, 2.05) is 20.8 Å². The van der Waals surface area contributed by atoms with Crippen molar-refractivity contribution in [1.29, 1.82) is 0 Å². The number of benzene rings is 1. The molecule has 5 heteroatoms. The zero-order valence-electron chi connectivity index (χ0n) is 11.2. The van der Waals surface area contributed by atoms with Crippen LogP contribution in [0.4, 0.5) is 0 Å². The van der Waals surface area contributed by atoms with E-state index in [1.54, 1.807) is 19.1 Å². The van der Waals surface area contributed by atoms with Gasteiger partial charge in [0, 0.05) is 26.3 Å². The normalized spacial score (nSPS) is 13.7. The molecule has 100 valence electrons. The quantitative estimate of drug-likeness (QED) is 0.366. The maximum atomic E-state index is 11.7. The lowest BCUT2D eigenvalue weighted by molar-refractivity contribution is -0.530. The van der Waals surface area contributed by atoms with Gasteiger partial charge in [0.05, 0.1) is 10.6 Å². The van der Waals surface area contributed by atoms with Crippen LogP contribution in [-0.2, 0) is 9.84 Å². The Morgan fingerprint density at radius 1 is 1.22 bits per heavy atom. The van der Waals surface area contributed by atoms with Crippen LogP contribution < -0.4 is 0 Å². The first-order valence-electron chi connectivity index (χ1n) is 5.81. The van der Waals surface area contributed by atoms with Crippen molar-refractivity contribution < 1.29 is 13.2 Å². The van der Waals surface area contributed by atoms with E-state index in [1.165, 1.54) is 18.3 Å². The highest BCUT2D eigenvalue weighted by Gasteiger charge is 2.18. The smallest absolute Gasteiger partial charge is 0.182 e. The van der Waals surface area contributed by atoms with Crippen LogP contribution in [0.5, 0.6) is 0 Å². The molecule has 1 aromatic rings. The van der Waals surface area contributed by atoms with Crippen molar-refractivity contribution in [2.24, 2.45) is 0 Å². The highest BCUT2D eigenvalue weighted by molar-refractivity contribution is 7.91. The molecule has 0 amide bonds. The fourth-order valence-electron chi connectivity index (χ4n) is 1.26. The van der Waals surface area contributed by atoms with Crippen molar-refractivity contribution in [3.05, 3.63) is 35.0 Å². The van der Waals surface area contributed by atoms with Gasteiger partial charge in [-0.1, -0.05) is 6.92 Å². The van der Waals surface area contributed by atoms with E-state index < -0.39 is 15.4 Å². The maximum absolute atomic E-state index is 11.7. The van der Waals surface area contributed by atoms with Gasteiger partial charge in [-0.25, -0.2) is 13.2 Å². The summed E-state index contributed by atoms with van der Waals surface area (Å²) in [6.07, 6.45) is 1.46. The number of hydrogen-bond donors (Lipinski definition) is 0. The minimum absolute atomic E-state index is 0.0751. The molecule has 0 spiro atoms. The standard InChI is InChI=1S/C13H19NO3S/c1-5-18(16,17)12-8-6-11(7-9-12)10-14(15)13(2,3)4/h6-10H,5H2,1-4H3. The van der Waals surface area contributed by atoms with E-state index in [0.717, 1.165) is 4.74 Å². The average molecular weight is 269 g/mol. The predicted octanol–water partition coefficient (Wildman–Crippen LogP) is 2.21. The Labute approximate surface area is 108 Å². The van der Waals surface area contributed by atoms with Gasteiger partial charge in [-0.3, -0.25) is 0 Å². The Hall–Kier alpha value is -1.36. The van der Waals surface area contributed by atoms with E-state index in [4.69, 9.17) is 0 Å². The van der Waals surface area contributed by atoms with Crippen LogP contribution in [0.25, 0.3) is 0 Å². The van der Waals surface area contributed by atoms with E-state index in [2.05, 4.69) is 0 Å². The minimum atomic E-state index is -3.18. The highest BCUT2D eigenvalue weighted by Crippen LogP contribution is 2.12. The van der Waals surface area contributed by atoms with Gasteiger partial charge < -0.3 is 5.21 Å². The third-order valence-electron chi connectivity index (χ3n) is 2.55. The Bertz CT molecular complexity index is 537. The molecule has 0 saturated carbocycles.